The van der Waals surface area contributed by atoms with Gasteiger partial charge in [0.2, 0.25) is 0 Å². The Bertz CT molecular complexity index is 297. The van der Waals surface area contributed by atoms with Gasteiger partial charge in [0.15, 0.2) is 9.84 Å². The quantitative estimate of drug-likeness (QED) is 0.702. The molecule has 5 heteroatoms. The van der Waals surface area contributed by atoms with Crippen LogP contribution in [0.4, 0.5) is 0 Å². The van der Waals surface area contributed by atoms with Gasteiger partial charge < -0.3 is 10.6 Å². The Hall–Kier alpha value is -0.130. The Labute approximate surface area is 91.7 Å². The summed E-state index contributed by atoms with van der Waals surface area (Å²) in [5, 5.41) is 6.80. The highest BCUT2D eigenvalue weighted by Gasteiger charge is 2.27. The van der Waals surface area contributed by atoms with Gasteiger partial charge in [0, 0.05) is 12.6 Å². The van der Waals surface area contributed by atoms with Crippen LogP contribution in [0.5, 0.6) is 0 Å². The van der Waals surface area contributed by atoms with Crippen LogP contribution >= 0.6 is 0 Å². The molecular weight excluding hydrogens is 212 g/mol. The molecule has 2 atom stereocenters. The lowest BCUT2D eigenvalue weighted by molar-refractivity contribution is 0.477. The summed E-state index contributed by atoms with van der Waals surface area (Å²) in [6.45, 7) is 2.97. The van der Waals surface area contributed by atoms with Gasteiger partial charge in [-0.3, -0.25) is 0 Å². The first-order chi connectivity index (χ1) is 7.16. The van der Waals surface area contributed by atoms with Gasteiger partial charge in [0.05, 0.1) is 11.5 Å². The first-order valence-corrected chi connectivity index (χ1v) is 7.62. The van der Waals surface area contributed by atoms with Crippen molar-refractivity contribution in [3.63, 3.8) is 0 Å². The van der Waals surface area contributed by atoms with E-state index in [4.69, 9.17) is 0 Å². The van der Waals surface area contributed by atoms with E-state index in [-0.39, 0.29) is 0 Å². The van der Waals surface area contributed by atoms with E-state index < -0.39 is 9.84 Å². The van der Waals surface area contributed by atoms with Crippen molar-refractivity contribution in [2.75, 3.05) is 31.1 Å². The third-order valence-corrected chi connectivity index (χ3v) is 5.15. The van der Waals surface area contributed by atoms with Crippen LogP contribution in [0, 0.1) is 5.92 Å². The number of nitrogens with one attached hydrogen (secondary N) is 2. The maximum Gasteiger partial charge on any atom is 0.150 e. The minimum atomic E-state index is -2.70. The van der Waals surface area contributed by atoms with Crippen molar-refractivity contribution >= 4 is 9.84 Å². The molecule has 0 aromatic carbocycles. The summed E-state index contributed by atoms with van der Waals surface area (Å²) in [7, 11) is -2.70. The van der Waals surface area contributed by atoms with Crippen LogP contribution in [0.3, 0.4) is 0 Å². The van der Waals surface area contributed by atoms with E-state index >= 15 is 0 Å². The van der Waals surface area contributed by atoms with Gasteiger partial charge in [0.1, 0.15) is 0 Å². The number of hydrogen-bond acceptors (Lipinski definition) is 4. The highest BCUT2D eigenvalue weighted by molar-refractivity contribution is 7.91. The van der Waals surface area contributed by atoms with Crippen LogP contribution in [-0.4, -0.2) is 45.6 Å². The molecule has 0 bridgehead atoms. The van der Waals surface area contributed by atoms with Gasteiger partial charge in [-0.15, -0.1) is 0 Å². The minimum Gasteiger partial charge on any atom is -0.315 e. The van der Waals surface area contributed by atoms with Gasteiger partial charge >= 0.3 is 0 Å². The molecule has 2 rings (SSSR count). The van der Waals surface area contributed by atoms with E-state index in [9.17, 15) is 8.42 Å². The van der Waals surface area contributed by atoms with E-state index in [1.54, 1.807) is 0 Å². The highest BCUT2D eigenvalue weighted by Crippen LogP contribution is 2.17. The Morgan fingerprint density at radius 3 is 2.73 bits per heavy atom. The molecular formula is C10H20N2O2S. The summed E-state index contributed by atoms with van der Waals surface area (Å²) in [6, 6.07) is 0.600. The Morgan fingerprint density at radius 2 is 2.13 bits per heavy atom. The molecule has 0 spiro atoms. The second kappa shape index (κ2) is 4.80. The van der Waals surface area contributed by atoms with Crippen LogP contribution in [-0.2, 0) is 9.84 Å². The molecule has 0 amide bonds. The fourth-order valence-corrected chi connectivity index (χ4v) is 4.29. The lowest BCUT2D eigenvalue weighted by atomic mass is 10.1. The fourth-order valence-electron chi connectivity index (χ4n) is 2.43. The molecule has 0 aliphatic carbocycles. The summed E-state index contributed by atoms with van der Waals surface area (Å²) in [5.41, 5.74) is 0. The lowest BCUT2D eigenvalue weighted by Crippen LogP contribution is -2.36. The highest BCUT2D eigenvalue weighted by atomic mass is 32.2. The van der Waals surface area contributed by atoms with E-state index in [1.807, 2.05) is 0 Å². The minimum absolute atomic E-state index is 0.344. The number of sulfone groups is 1. The smallest absolute Gasteiger partial charge is 0.150 e. The van der Waals surface area contributed by atoms with E-state index in [1.165, 1.54) is 12.8 Å². The summed E-state index contributed by atoms with van der Waals surface area (Å²) >= 11 is 0. The van der Waals surface area contributed by atoms with Crippen molar-refractivity contribution in [2.45, 2.75) is 25.3 Å². The van der Waals surface area contributed by atoms with Crippen LogP contribution in [0.25, 0.3) is 0 Å². The van der Waals surface area contributed by atoms with Gasteiger partial charge in [-0.05, 0) is 38.3 Å². The van der Waals surface area contributed by atoms with Gasteiger partial charge in [-0.25, -0.2) is 8.42 Å². The van der Waals surface area contributed by atoms with Gasteiger partial charge in [-0.1, -0.05) is 0 Å². The summed E-state index contributed by atoms with van der Waals surface area (Å²) in [5.74, 6) is 1.12. The molecule has 88 valence electrons. The zero-order valence-electron chi connectivity index (χ0n) is 9.04. The van der Waals surface area contributed by atoms with Crippen molar-refractivity contribution in [2.24, 2.45) is 5.92 Å². The second-order valence-electron chi connectivity index (χ2n) is 4.72. The molecule has 15 heavy (non-hydrogen) atoms. The summed E-state index contributed by atoms with van der Waals surface area (Å²) in [4.78, 5) is 0. The third-order valence-electron chi connectivity index (χ3n) is 3.31. The van der Waals surface area contributed by atoms with Crippen molar-refractivity contribution < 1.29 is 8.42 Å². The molecule has 4 nitrogen and oxygen atoms in total. The average Bonchev–Trinajstić information content (AvgIpc) is 2.76. The van der Waals surface area contributed by atoms with Gasteiger partial charge in [-0.2, -0.15) is 0 Å². The normalized spacial score (nSPS) is 34.7. The first-order valence-electron chi connectivity index (χ1n) is 5.80. The van der Waals surface area contributed by atoms with E-state index in [0.29, 0.717) is 23.5 Å². The number of rotatable bonds is 4. The molecule has 2 heterocycles. The molecule has 2 aliphatic rings. The Kier molecular flexibility index (Phi) is 3.64. The largest absolute Gasteiger partial charge is 0.315 e. The predicted molar refractivity (Wildman–Crippen MR) is 60.7 cm³/mol. The molecule has 0 saturated carbocycles. The van der Waals surface area contributed by atoms with Gasteiger partial charge in [0.25, 0.3) is 0 Å². The summed E-state index contributed by atoms with van der Waals surface area (Å²) < 4.78 is 22.4. The first kappa shape index (κ1) is 11.4. The molecule has 0 radical (unpaired) electrons. The van der Waals surface area contributed by atoms with E-state index in [0.717, 1.165) is 26.1 Å². The lowest BCUT2D eigenvalue weighted by Gasteiger charge is -2.13. The van der Waals surface area contributed by atoms with Crippen LogP contribution in [0.2, 0.25) is 0 Å². The zero-order valence-corrected chi connectivity index (χ0v) is 9.85. The Balaban J connectivity index is 1.62. The molecule has 2 saturated heterocycles. The summed E-state index contributed by atoms with van der Waals surface area (Å²) in [6.07, 6.45) is 3.35. The number of hydrogen-bond donors (Lipinski definition) is 2. The third kappa shape index (κ3) is 3.43. The molecule has 2 N–H and O–H groups in total. The second-order valence-corrected chi connectivity index (χ2v) is 6.95. The van der Waals surface area contributed by atoms with Crippen molar-refractivity contribution in [3.05, 3.63) is 0 Å². The van der Waals surface area contributed by atoms with Crippen molar-refractivity contribution in [1.82, 2.24) is 10.6 Å². The van der Waals surface area contributed by atoms with Crippen LogP contribution < -0.4 is 10.6 Å². The SMILES string of the molecule is O=S1(=O)CCC(CNCC2CCCN2)C1. The van der Waals surface area contributed by atoms with Crippen LogP contribution in [0.1, 0.15) is 19.3 Å². The monoisotopic (exact) mass is 232 g/mol. The van der Waals surface area contributed by atoms with Crippen LogP contribution in [0.15, 0.2) is 0 Å². The average molecular weight is 232 g/mol. The maximum atomic E-state index is 11.2. The standard InChI is InChI=1S/C10H20N2O2S/c13-15(14)5-3-9(8-15)6-11-7-10-2-1-4-12-10/h9-12H,1-8H2. The molecule has 0 aromatic rings. The zero-order chi connectivity index (χ0) is 10.7. The molecule has 2 unspecified atom stereocenters. The Morgan fingerprint density at radius 1 is 1.27 bits per heavy atom. The topological polar surface area (TPSA) is 58.2 Å². The molecule has 2 fully saturated rings. The predicted octanol–water partition coefficient (Wildman–Crippen LogP) is -0.237. The van der Waals surface area contributed by atoms with E-state index in [2.05, 4.69) is 10.6 Å². The molecule has 0 aromatic heterocycles. The fraction of sp³-hybridized carbons (Fsp3) is 1.00. The maximum absolute atomic E-state index is 11.2. The molecule has 2 aliphatic heterocycles. The van der Waals surface area contributed by atoms with Crippen molar-refractivity contribution in [1.29, 1.82) is 0 Å². The van der Waals surface area contributed by atoms with Crippen molar-refractivity contribution in [3.8, 4) is 0 Å².